The lowest BCUT2D eigenvalue weighted by Gasteiger charge is -2.09. The predicted octanol–water partition coefficient (Wildman–Crippen LogP) is 5.72. The molecule has 6 heteroatoms. The summed E-state index contributed by atoms with van der Waals surface area (Å²) in [5, 5.41) is 3.46. The van der Waals surface area contributed by atoms with Crippen LogP contribution in [0.25, 0.3) is 21.3 Å². The van der Waals surface area contributed by atoms with Gasteiger partial charge < -0.3 is 5.32 Å². The van der Waals surface area contributed by atoms with E-state index in [0.29, 0.717) is 10.2 Å². The lowest BCUT2D eigenvalue weighted by molar-refractivity contribution is -0.116. The Kier molecular flexibility index (Phi) is 6.51. The van der Waals surface area contributed by atoms with Crippen molar-refractivity contribution in [1.29, 1.82) is 0 Å². The quantitative estimate of drug-likeness (QED) is 0.395. The van der Waals surface area contributed by atoms with Crippen LogP contribution in [-0.2, 0) is 17.8 Å². The number of carbonyl (C=O) groups excluding carboxylic acids is 1. The van der Waals surface area contributed by atoms with Crippen molar-refractivity contribution in [2.45, 2.75) is 46.6 Å². The number of carbonyl (C=O) groups is 1. The standard InChI is InChI=1S/C26H27N3O2S/c1-4-5-6-19-9-13-21(14-10-19)28-22(30)15-29-16-27-25-24(26(29)31)23(18(3)32-25)20-11-7-17(2)8-12-20/h7-14,16H,4-6,15H2,1-3H3,(H,28,30). The van der Waals surface area contributed by atoms with Gasteiger partial charge in [0, 0.05) is 16.1 Å². The molecule has 0 aliphatic heterocycles. The molecular weight excluding hydrogens is 418 g/mol. The van der Waals surface area contributed by atoms with E-state index < -0.39 is 0 Å². The van der Waals surface area contributed by atoms with Gasteiger partial charge in [-0.25, -0.2) is 4.98 Å². The molecule has 32 heavy (non-hydrogen) atoms. The van der Waals surface area contributed by atoms with Crippen molar-refractivity contribution in [3.63, 3.8) is 0 Å². The van der Waals surface area contributed by atoms with Crippen LogP contribution in [0.1, 0.15) is 35.8 Å². The molecule has 0 spiro atoms. The molecule has 1 N–H and O–H groups in total. The largest absolute Gasteiger partial charge is 0.325 e. The number of anilines is 1. The van der Waals surface area contributed by atoms with Crippen molar-refractivity contribution >= 4 is 33.1 Å². The topological polar surface area (TPSA) is 64.0 Å². The number of aryl methyl sites for hydroxylation is 3. The monoisotopic (exact) mass is 445 g/mol. The lowest BCUT2D eigenvalue weighted by atomic mass is 10.0. The van der Waals surface area contributed by atoms with Crippen molar-refractivity contribution in [3.8, 4) is 11.1 Å². The summed E-state index contributed by atoms with van der Waals surface area (Å²) in [6, 6.07) is 16.0. The number of rotatable bonds is 7. The molecule has 2 heterocycles. The van der Waals surface area contributed by atoms with Crippen LogP contribution in [0, 0.1) is 13.8 Å². The van der Waals surface area contributed by atoms with E-state index in [1.54, 1.807) is 0 Å². The summed E-state index contributed by atoms with van der Waals surface area (Å²) in [5.41, 5.74) is 4.84. The summed E-state index contributed by atoms with van der Waals surface area (Å²) >= 11 is 1.50. The molecule has 2 aromatic heterocycles. The Morgan fingerprint density at radius 2 is 1.78 bits per heavy atom. The zero-order chi connectivity index (χ0) is 22.7. The van der Waals surface area contributed by atoms with Crippen molar-refractivity contribution in [2.75, 3.05) is 5.32 Å². The third kappa shape index (κ3) is 4.65. The first-order valence-corrected chi connectivity index (χ1v) is 11.7. The van der Waals surface area contributed by atoms with Crippen molar-refractivity contribution in [2.24, 2.45) is 0 Å². The maximum atomic E-state index is 13.3. The van der Waals surface area contributed by atoms with E-state index >= 15 is 0 Å². The van der Waals surface area contributed by atoms with E-state index in [4.69, 9.17) is 0 Å². The Morgan fingerprint density at radius 3 is 2.47 bits per heavy atom. The Bertz CT molecular complexity index is 1300. The molecule has 0 aliphatic rings. The van der Waals surface area contributed by atoms with Gasteiger partial charge in [0.1, 0.15) is 11.4 Å². The van der Waals surface area contributed by atoms with E-state index in [2.05, 4.69) is 17.2 Å². The molecule has 0 fully saturated rings. The van der Waals surface area contributed by atoms with Crippen LogP contribution in [0.2, 0.25) is 0 Å². The molecule has 4 aromatic rings. The van der Waals surface area contributed by atoms with Crippen LogP contribution < -0.4 is 10.9 Å². The second kappa shape index (κ2) is 9.49. The van der Waals surface area contributed by atoms with Crippen LogP contribution in [0.15, 0.2) is 59.7 Å². The first-order valence-electron chi connectivity index (χ1n) is 10.9. The van der Waals surface area contributed by atoms with Crippen molar-refractivity contribution in [3.05, 3.63) is 81.2 Å². The first kappa shape index (κ1) is 22.0. The number of hydrogen-bond donors (Lipinski definition) is 1. The SMILES string of the molecule is CCCCc1ccc(NC(=O)Cn2cnc3sc(C)c(-c4ccc(C)cc4)c3c2=O)cc1. The number of nitrogens with zero attached hydrogens (tertiary/aromatic N) is 2. The van der Waals surface area contributed by atoms with Crippen molar-refractivity contribution < 1.29 is 4.79 Å². The summed E-state index contributed by atoms with van der Waals surface area (Å²) in [7, 11) is 0. The third-order valence-electron chi connectivity index (χ3n) is 5.57. The maximum Gasteiger partial charge on any atom is 0.263 e. The smallest absolute Gasteiger partial charge is 0.263 e. The Hall–Kier alpha value is -3.25. The Labute approximate surface area is 191 Å². The van der Waals surface area contributed by atoms with Crippen molar-refractivity contribution in [1.82, 2.24) is 9.55 Å². The van der Waals surface area contributed by atoms with Gasteiger partial charge in [0.2, 0.25) is 5.91 Å². The number of amides is 1. The number of benzene rings is 2. The number of fused-ring (bicyclic) bond motifs is 1. The molecule has 0 bridgehead atoms. The average molecular weight is 446 g/mol. The van der Waals surface area contributed by atoms with E-state index in [0.717, 1.165) is 46.5 Å². The fourth-order valence-corrected chi connectivity index (χ4v) is 4.81. The van der Waals surface area contributed by atoms with Crippen LogP contribution >= 0.6 is 11.3 Å². The van der Waals surface area contributed by atoms with Gasteiger partial charge in [0.15, 0.2) is 0 Å². The molecule has 5 nitrogen and oxygen atoms in total. The highest BCUT2D eigenvalue weighted by molar-refractivity contribution is 7.19. The van der Waals surface area contributed by atoms with Gasteiger partial charge in [-0.1, -0.05) is 55.3 Å². The zero-order valence-corrected chi connectivity index (χ0v) is 19.5. The molecule has 0 unspecified atom stereocenters. The lowest BCUT2D eigenvalue weighted by Crippen LogP contribution is -2.27. The Balaban J connectivity index is 1.57. The molecule has 0 aliphatic carbocycles. The number of thiophene rings is 1. The molecule has 4 rings (SSSR count). The van der Waals surface area contributed by atoms with Gasteiger partial charge in [0.05, 0.1) is 11.7 Å². The molecule has 0 saturated carbocycles. The summed E-state index contributed by atoms with van der Waals surface area (Å²) in [6.45, 7) is 6.13. The maximum absolute atomic E-state index is 13.3. The highest BCUT2D eigenvalue weighted by Crippen LogP contribution is 2.35. The Morgan fingerprint density at radius 1 is 1.06 bits per heavy atom. The van der Waals surface area contributed by atoms with Crippen LogP contribution in [-0.4, -0.2) is 15.5 Å². The molecule has 0 saturated heterocycles. The highest BCUT2D eigenvalue weighted by Gasteiger charge is 2.18. The number of unbranched alkanes of at least 4 members (excludes halogenated alkanes) is 1. The van der Waals surface area contributed by atoms with E-state index in [9.17, 15) is 9.59 Å². The zero-order valence-electron chi connectivity index (χ0n) is 18.6. The molecule has 2 aromatic carbocycles. The number of nitrogens with one attached hydrogen (secondary N) is 1. The normalized spacial score (nSPS) is 11.1. The van der Waals surface area contributed by atoms with Crippen LogP contribution in [0.3, 0.4) is 0 Å². The van der Waals surface area contributed by atoms with Gasteiger partial charge in [0.25, 0.3) is 5.56 Å². The summed E-state index contributed by atoms with van der Waals surface area (Å²) in [5.74, 6) is -0.251. The number of aromatic nitrogens is 2. The summed E-state index contributed by atoms with van der Waals surface area (Å²) in [6.07, 6.45) is 4.81. The van der Waals surface area contributed by atoms with E-state index in [-0.39, 0.29) is 18.0 Å². The summed E-state index contributed by atoms with van der Waals surface area (Å²) < 4.78 is 1.39. The molecule has 0 atom stereocenters. The van der Waals surface area contributed by atoms with Gasteiger partial charge in [-0.15, -0.1) is 11.3 Å². The van der Waals surface area contributed by atoms with E-state index in [1.807, 2.05) is 62.4 Å². The number of hydrogen-bond acceptors (Lipinski definition) is 4. The minimum atomic E-state index is -0.251. The molecular formula is C26H27N3O2S. The molecule has 1 amide bonds. The van der Waals surface area contributed by atoms with E-state index in [1.165, 1.54) is 27.8 Å². The minimum absolute atomic E-state index is 0.0818. The van der Waals surface area contributed by atoms with Gasteiger partial charge >= 0.3 is 0 Å². The van der Waals surface area contributed by atoms with Gasteiger partial charge in [-0.3, -0.25) is 14.2 Å². The summed E-state index contributed by atoms with van der Waals surface area (Å²) in [4.78, 5) is 32.1. The third-order valence-corrected chi connectivity index (χ3v) is 6.58. The fraction of sp³-hybridized carbons (Fsp3) is 0.269. The van der Waals surface area contributed by atoms with Gasteiger partial charge in [-0.05, 0) is 49.9 Å². The van der Waals surface area contributed by atoms with Gasteiger partial charge in [-0.2, -0.15) is 0 Å². The highest BCUT2D eigenvalue weighted by atomic mass is 32.1. The predicted molar refractivity (Wildman–Crippen MR) is 132 cm³/mol. The molecule has 164 valence electrons. The second-order valence-electron chi connectivity index (χ2n) is 8.11. The average Bonchev–Trinajstić information content (AvgIpc) is 3.12. The second-order valence-corrected chi connectivity index (χ2v) is 9.31. The first-order chi connectivity index (χ1) is 15.5. The van der Waals surface area contributed by atoms with Crippen LogP contribution in [0.4, 0.5) is 5.69 Å². The fourth-order valence-electron chi connectivity index (χ4n) is 3.81. The van der Waals surface area contributed by atoms with Crippen LogP contribution in [0.5, 0.6) is 0 Å². The molecule has 0 radical (unpaired) electrons. The minimum Gasteiger partial charge on any atom is -0.325 e.